The van der Waals surface area contributed by atoms with Crippen molar-refractivity contribution >= 4 is 0 Å². The minimum Gasteiger partial charge on any atom is -0.391 e. The number of hydrogen-bond donors (Lipinski definition) is 3. The smallest absolute Gasteiger partial charge is 0.0707 e. The van der Waals surface area contributed by atoms with Crippen LogP contribution in [0.1, 0.15) is 44.9 Å². The molecule has 98 valence electrons. The Bertz CT molecular complexity index is 239. The zero-order valence-electron chi connectivity index (χ0n) is 10.7. The number of β-amino-alcohol motifs (C(OH)–C–C–N with tert-alkyl or cyclic N) is 1. The van der Waals surface area contributed by atoms with Crippen LogP contribution in [-0.2, 0) is 0 Å². The number of aliphatic hydroxyl groups is 1. The van der Waals surface area contributed by atoms with E-state index >= 15 is 0 Å². The van der Waals surface area contributed by atoms with E-state index in [1.54, 1.807) is 0 Å². The van der Waals surface area contributed by atoms with Gasteiger partial charge in [-0.1, -0.05) is 12.8 Å². The van der Waals surface area contributed by atoms with Crippen LogP contribution in [0.15, 0.2) is 0 Å². The molecule has 3 heteroatoms. The first kappa shape index (κ1) is 11.9. The second kappa shape index (κ2) is 5.25. The van der Waals surface area contributed by atoms with Gasteiger partial charge in [-0.05, 0) is 44.6 Å². The Morgan fingerprint density at radius 1 is 0.824 bits per heavy atom. The summed E-state index contributed by atoms with van der Waals surface area (Å²) in [5.74, 6) is 1.65. The Morgan fingerprint density at radius 3 is 2.47 bits per heavy atom. The van der Waals surface area contributed by atoms with E-state index in [1.807, 2.05) is 0 Å². The summed E-state index contributed by atoms with van der Waals surface area (Å²) in [5, 5.41) is 16.2. The molecule has 2 saturated carbocycles. The van der Waals surface area contributed by atoms with Gasteiger partial charge in [0.25, 0.3) is 0 Å². The molecule has 0 amide bonds. The summed E-state index contributed by atoms with van der Waals surface area (Å²) in [6, 6.07) is 1.58. The Hall–Kier alpha value is -0.120. The molecule has 2 aliphatic carbocycles. The van der Waals surface area contributed by atoms with Crippen molar-refractivity contribution in [3.63, 3.8) is 0 Å². The predicted octanol–water partition coefficient (Wildman–Crippen LogP) is 1.27. The van der Waals surface area contributed by atoms with Gasteiger partial charge in [-0.2, -0.15) is 0 Å². The second-order valence-electron chi connectivity index (χ2n) is 6.22. The maximum Gasteiger partial charge on any atom is 0.0707 e. The molecule has 4 fully saturated rings. The average Bonchev–Trinajstić information content (AvgIpc) is 3.00. The highest BCUT2D eigenvalue weighted by Gasteiger charge is 2.37. The highest BCUT2D eigenvalue weighted by Crippen LogP contribution is 2.32. The maximum atomic E-state index is 9.34. The van der Waals surface area contributed by atoms with Crippen molar-refractivity contribution < 1.29 is 5.11 Å². The van der Waals surface area contributed by atoms with Crippen LogP contribution in [-0.4, -0.2) is 36.4 Å². The molecule has 5 unspecified atom stereocenters. The van der Waals surface area contributed by atoms with Crippen molar-refractivity contribution in [3.05, 3.63) is 0 Å². The highest BCUT2D eigenvalue weighted by atomic mass is 16.3. The SMILES string of the molecule is C1CC2CCNC2C1.OC1CNC2CCCC12. The van der Waals surface area contributed by atoms with Gasteiger partial charge in [-0.25, -0.2) is 0 Å². The molecular formula is C14H26N2O. The summed E-state index contributed by atoms with van der Waals surface area (Å²) in [7, 11) is 0. The van der Waals surface area contributed by atoms with Crippen LogP contribution in [0, 0.1) is 11.8 Å². The molecule has 0 bridgehead atoms. The lowest BCUT2D eigenvalue weighted by Crippen LogP contribution is -2.21. The van der Waals surface area contributed by atoms with Crippen LogP contribution in [0.3, 0.4) is 0 Å². The first-order valence-corrected chi connectivity index (χ1v) is 7.49. The van der Waals surface area contributed by atoms with Crippen molar-refractivity contribution in [2.24, 2.45) is 11.8 Å². The van der Waals surface area contributed by atoms with Crippen molar-refractivity contribution in [2.45, 2.75) is 63.1 Å². The molecule has 0 spiro atoms. The number of rotatable bonds is 0. The lowest BCUT2D eigenvalue weighted by Gasteiger charge is -2.09. The lowest BCUT2D eigenvalue weighted by molar-refractivity contribution is 0.144. The Labute approximate surface area is 104 Å². The monoisotopic (exact) mass is 238 g/mol. The molecule has 4 rings (SSSR count). The summed E-state index contributed by atoms with van der Waals surface area (Å²) in [6.45, 7) is 2.12. The van der Waals surface area contributed by atoms with Crippen LogP contribution in [0.4, 0.5) is 0 Å². The zero-order valence-corrected chi connectivity index (χ0v) is 10.7. The quantitative estimate of drug-likeness (QED) is 0.595. The molecule has 0 aromatic heterocycles. The largest absolute Gasteiger partial charge is 0.391 e. The van der Waals surface area contributed by atoms with Crippen LogP contribution in [0.25, 0.3) is 0 Å². The van der Waals surface area contributed by atoms with Crippen LogP contribution in [0.2, 0.25) is 0 Å². The fourth-order valence-electron chi connectivity index (χ4n) is 4.23. The van der Waals surface area contributed by atoms with E-state index < -0.39 is 0 Å². The third-order valence-corrected chi connectivity index (χ3v) is 5.23. The summed E-state index contributed by atoms with van der Waals surface area (Å²) in [6.07, 6.45) is 9.65. The Morgan fingerprint density at radius 2 is 1.65 bits per heavy atom. The number of aliphatic hydroxyl groups excluding tert-OH is 1. The van der Waals surface area contributed by atoms with Crippen molar-refractivity contribution in [3.8, 4) is 0 Å². The molecule has 0 radical (unpaired) electrons. The van der Waals surface area contributed by atoms with Crippen molar-refractivity contribution in [2.75, 3.05) is 13.1 Å². The van der Waals surface area contributed by atoms with E-state index in [4.69, 9.17) is 0 Å². The van der Waals surface area contributed by atoms with Gasteiger partial charge in [-0.3, -0.25) is 0 Å². The topological polar surface area (TPSA) is 44.3 Å². The van der Waals surface area contributed by atoms with E-state index in [-0.39, 0.29) is 6.10 Å². The fraction of sp³-hybridized carbons (Fsp3) is 1.00. The third kappa shape index (κ3) is 2.51. The summed E-state index contributed by atoms with van der Waals surface area (Å²) >= 11 is 0. The van der Waals surface area contributed by atoms with E-state index in [0.717, 1.165) is 18.5 Å². The molecule has 2 heterocycles. The van der Waals surface area contributed by atoms with Gasteiger partial charge in [0, 0.05) is 24.5 Å². The first-order chi connectivity index (χ1) is 8.34. The van der Waals surface area contributed by atoms with Gasteiger partial charge in [0.2, 0.25) is 0 Å². The van der Waals surface area contributed by atoms with Gasteiger partial charge < -0.3 is 15.7 Å². The van der Waals surface area contributed by atoms with Gasteiger partial charge in [0.05, 0.1) is 6.10 Å². The molecule has 17 heavy (non-hydrogen) atoms. The fourth-order valence-corrected chi connectivity index (χ4v) is 4.23. The van der Waals surface area contributed by atoms with Crippen molar-refractivity contribution in [1.82, 2.24) is 10.6 Å². The van der Waals surface area contributed by atoms with Gasteiger partial charge in [0.15, 0.2) is 0 Å². The highest BCUT2D eigenvalue weighted by molar-refractivity contribution is 4.94. The maximum absolute atomic E-state index is 9.34. The van der Waals surface area contributed by atoms with Crippen LogP contribution in [0.5, 0.6) is 0 Å². The minimum atomic E-state index is -0.0440. The van der Waals surface area contributed by atoms with Crippen LogP contribution < -0.4 is 10.6 Å². The standard InChI is InChI=1S/C7H13NO.C7H13N/c9-7-4-8-6-3-1-2-5(6)7;1-2-6-4-5-8-7(6)3-1/h5-9H,1-4H2;6-8H,1-5H2. The van der Waals surface area contributed by atoms with E-state index in [2.05, 4.69) is 10.6 Å². The normalized spacial score (nSPS) is 47.5. The molecule has 2 aliphatic heterocycles. The first-order valence-electron chi connectivity index (χ1n) is 7.49. The molecule has 4 aliphatic rings. The van der Waals surface area contributed by atoms with E-state index in [1.165, 1.54) is 51.5 Å². The average molecular weight is 238 g/mol. The third-order valence-electron chi connectivity index (χ3n) is 5.23. The predicted molar refractivity (Wildman–Crippen MR) is 68.9 cm³/mol. The van der Waals surface area contributed by atoms with Gasteiger partial charge in [-0.15, -0.1) is 0 Å². The Kier molecular flexibility index (Phi) is 3.69. The number of nitrogens with one attached hydrogen (secondary N) is 2. The molecule has 0 aromatic carbocycles. The second-order valence-corrected chi connectivity index (χ2v) is 6.22. The lowest BCUT2D eigenvalue weighted by atomic mass is 10.0. The number of fused-ring (bicyclic) bond motifs is 2. The van der Waals surface area contributed by atoms with E-state index in [9.17, 15) is 5.11 Å². The van der Waals surface area contributed by atoms with Gasteiger partial charge in [0.1, 0.15) is 0 Å². The summed E-state index contributed by atoms with van der Waals surface area (Å²) < 4.78 is 0. The molecule has 2 saturated heterocycles. The molecule has 0 aromatic rings. The summed E-state index contributed by atoms with van der Waals surface area (Å²) in [4.78, 5) is 0. The van der Waals surface area contributed by atoms with Gasteiger partial charge >= 0.3 is 0 Å². The van der Waals surface area contributed by atoms with Crippen LogP contribution >= 0.6 is 0 Å². The minimum absolute atomic E-state index is 0.0440. The van der Waals surface area contributed by atoms with Crippen molar-refractivity contribution in [1.29, 1.82) is 0 Å². The molecule has 5 atom stereocenters. The zero-order chi connectivity index (χ0) is 11.7. The number of hydrogen-bond acceptors (Lipinski definition) is 3. The summed E-state index contributed by atoms with van der Waals surface area (Å²) in [5.41, 5.74) is 0. The molecule has 3 N–H and O–H groups in total. The van der Waals surface area contributed by atoms with E-state index in [0.29, 0.717) is 12.0 Å². The molecule has 3 nitrogen and oxygen atoms in total. The molecular weight excluding hydrogens is 212 g/mol. The Balaban J connectivity index is 0.000000107.